The zero-order valence-corrected chi connectivity index (χ0v) is 21.5. The van der Waals surface area contributed by atoms with Crippen LogP contribution in [0.4, 0.5) is 5.69 Å². The molecule has 0 atom stereocenters. The summed E-state index contributed by atoms with van der Waals surface area (Å²) in [6.07, 6.45) is 1.35. The van der Waals surface area contributed by atoms with Gasteiger partial charge in [-0.05, 0) is 54.6 Å². The van der Waals surface area contributed by atoms with E-state index in [1.165, 1.54) is 37.6 Å². The molecule has 1 aromatic heterocycles. The summed E-state index contributed by atoms with van der Waals surface area (Å²) in [5, 5.41) is 4.95. The number of rotatable bonds is 9. The lowest BCUT2D eigenvalue weighted by Gasteiger charge is -2.23. The van der Waals surface area contributed by atoms with Gasteiger partial charge in [0.25, 0.3) is 15.9 Å². The number of fused-ring (bicyclic) bond motifs is 1. The van der Waals surface area contributed by atoms with Crippen molar-refractivity contribution in [1.29, 1.82) is 0 Å². The van der Waals surface area contributed by atoms with Crippen LogP contribution in [-0.2, 0) is 14.8 Å². The first kappa shape index (κ1) is 25.9. The van der Waals surface area contributed by atoms with Crippen molar-refractivity contribution in [2.75, 3.05) is 25.1 Å². The molecule has 0 unspecified atom stereocenters. The highest BCUT2D eigenvalue weighted by Gasteiger charge is 2.27. The van der Waals surface area contributed by atoms with Gasteiger partial charge in [-0.15, -0.1) is 0 Å². The predicted molar refractivity (Wildman–Crippen MR) is 143 cm³/mol. The number of anilines is 1. The molecule has 1 N–H and O–H groups in total. The fourth-order valence-electron chi connectivity index (χ4n) is 3.48. The topological polar surface area (TPSA) is 110 Å². The van der Waals surface area contributed by atoms with Crippen LogP contribution in [0, 0.1) is 0 Å². The van der Waals surface area contributed by atoms with Gasteiger partial charge in [-0.1, -0.05) is 29.8 Å². The molecular weight excluding hydrogens is 516 g/mol. The summed E-state index contributed by atoms with van der Waals surface area (Å²) in [6, 6.07) is 21.4. The van der Waals surface area contributed by atoms with E-state index < -0.39 is 22.5 Å². The molecule has 4 rings (SSSR count). The van der Waals surface area contributed by atoms with Crippen LogP contribution in [-0.4, -0.2) is 46.3 Å². The molecular formula is C26H23ClN4O5S. The van der Waals surface area contributed by atoms with Crippen LogP contribution in [0.1, 0.15) is 5.56 Å². The molecule has 0 aliphatic carbocycles. The first-order valence-corrected chi connectivity index (χ1v) is 12.8. The number of pyridine rings is 1. The van der Waals surface area contributed by atoms with Crippen molar-refractivity contribution in [3.05, 3.63) is 89.6 Å². The Labute approximate surface area is 219 Å². The predicted octanol–water partition coefficient (Wildman–Crippen LogP) is 4.25. The Balaban J connectivity index is 1.53. The number of methoxy groups -OCH3 is 2. The Morgan fingerprint density at radius 3 is 2.35 bits per heavy atom. The van der Waals surface area contributed by atoms with Gasteiger partial charge < -0.3 is 9.47 Å². The Morgan fingerprint density at radius 1 is 1.00 bits per heavy atom. The van der Waals surface area contributed by atoms with Crippen molar-refractivity contribution in [3.63, 3.8) is 0 Å². The minimum absolute atomic E-state index is 0.0131. The maximum absolute atomic E-state index is 13.4. The molecule has 0 bridgehead atoms. The molecule has 0 saturated heterocycles. The monoisotopic (exact) mass is 538 g/mol. The van der Waals surface area contributed by atoms with Gasteiger partial charge in [0.1, 0.15) is 23.2 Å². The van der Waals surface area contributed by atoms with Crippen molar-refractivity contribution in [2.24, 2.45) is 5.10 Å². The Hall–Kier alpha value is -4.15. The van der Waals surface area contributed by atoms with Gasteiger partial charge in [-0.25, -0.2) is 18.8 Å². The second kappa shape index (κ2) is 11.3. The van der Waals surface area contributed by atoms with Crippen LogP contribution in [0.3, 0.4) is 0 Å². The molecule has 11 heteroatoms. The molecule has 0 aliphatic heterocycles. The number of hydrazone groups is 1. The lowest BCUT2D eigenvalue weighted by Crippen LogP contribution is -2.39. The average Bonchev–Trinajstić information content (AvgIpc) is 2.92. The second-order valence-electron chi connectivity index (χ2n) is 7.74. The largest absolute Gasteiger partial charge is 0.497 e. The van der Waals surface area contributed by atoms with E-state index in [1.54, 1.807) is 55.6 Å². The molecule has 0 aliphatic rings. The van der Waals surface area contributed by atoms with E-state index in [4.69, 9.17) is 21.1 Å². The minimum atomic E-state index is -4.06. The van der Waals surface area contributed by atoms with Crippen molar-refractivity contribution in [1.82, 2.24) is 10.4 Å². The Morgan fingerprint density at radius 2 is 1.68 bits per heavy atom. The quantitative estimate of drug-likeness (QED) is 0.194. The molecule has 37 heavy (non-hydrogen) atoms. The third kappa shape index (κ3) is 5.99. The fraction of sp³-hybridized carbons (Fsp3) is 0.115. The number of para-hydroxylation sites is 1. The highest BCUT2D eigenvalue weighted by atomic mass is 35.5. The van der Waals surface area contributed by atoms with Gasteiger partial charge in [0.2, 0.25) is 0 Å². The standard InChI is InChI=1S/C26H23ClN4O5S/c1-35-21-10-12-23(13-11-21)37(33,34)31(20-6-4-3-5-7-20)17-25(32)30-28-16-19-14-18-8-9-22(36-2)15-24(18)29-26(19)27/h3-16H,17H2,1-2H3,(H,30,32)/b28-16-. The molecule has 0 radical (unpaired) electrons. The summed E-state index contributed by atoms with van der Waals surface area (Å²) in [7, 11) is -1.01. The van der Waals surface area contributed by atoms with E-state index in [0.29, 0.717) is 28.3 Å². The zero-order valence-electron chi connectivity index (χ0n) is 20.0. The third-order valence-corrected chi connectivity index (χ3v) is 7.47. The SMILES string of the molecule is COc1ccc(S(=O)(=O)N(CC(=O)N/N=C\c2cc3ccc(OC)cc3nc2Cl)c2ccccc2)cc1. The van der Waals surface area contributed by atoms with E-state index in [-0.39, 0.29) is 10.0 Å². The van der Waals surface area contributed by atoms with Gasteiger partial charge in [0.05, 0.1) is 36.5 Å². The first-order chi connectivity index (χ1) is 17.8. The molecule has 4 aromatic rings. The summed E-state index contributed by atoms with van der Waals surface area (Å²) < 4.78 is 38.1. The van der Waals surface area contributed by atoms with E-state index in [1.807, 2.05) is 6.07 Å². The maximum Gasteiger partial charge on any atom is 0.264 e. The van der Waals surface area contributed by atoms with Crippen LogP contribution in [0.5, 0.6) is 11.5 Å². The second-order valence-corrected chi connectivity index (χ2v) is 9.96. The Kier molecular flexibility index (Phi) is 7.90. The summed E-state index contributed by atoms with van der Waals surface area (Å²) in [6.45, 7) is -0.501. The van der Waals surface area contributed by atoms with Gasteiger partial charge in [-0.2, -0.15) is 5.10 Å². The lowest BCUT2D eigenvalue weighted by molar-refractivity contribution is -0.119. The number of halogens is 1. The molecule has 1 heterocycles. The smallest absolute Gasteiger partial charge is 0.264 e. The summed E-state index contributed by atoms with van der Waals surface area (Å²) in [5.41, 5.74) is 3.82. The third-order valence-electron chi connectivity index (χ3n) is 5.38. The van der Waals surface area contributed by atoms with E-state index >= 15 is 0 Å². The molecule has 190 valence electrons. The normalized spacial score (nSPS) is 11.4. The van der Waals surface area contributed by atoms with Crippen molar-refractivity contribution < 1.29 is 22.7 Å². The van der Waals surface area contributed by atoms with E-state index in [2.05, 4.69) is 15.5 Å². The van der Waals surface area contributed by atoms with Crippen LogP contribution in [0.25, 0.3) is 10.9 Å². The number of nitrogens with zero attached hydrogens (tertiary/aromatic N) is 3. The summed E-state index contributed by atoms with van der Waals surface area (Å²) in [5.74, 6) is 0.516. The van der Waals surface area contributed by atoms with E-state index in [9.17, 15) is 13.2 Å². The molecule has 1 amide bonds. The van der Waals surface area contributed by atoms with Crippen LogP contribution in [0.15, 0.2) is 88.9 Å². The molecule has 0 fully saturated rings. The first-order valence-electron chi connectivity index (χ1n) is 11.0. The number of aromatic nitrogens is 1. The van der Waals surface area contributed by atoms with Crippen molar-refractivity contribution in [3.8, 4) is 11.5 Å². The number of carbonyl (C=O) groups is 1. The molecule has 9 nitrogen and oxygen atoms in total. The van der Waals surface area contributed by atoms with Gasteiger partial charge in [-0.3, -0.25) is 9.10 Å². The lowest BCUT2D eigenvalue weighted by atomic mass is 10.1. The number of amides is 1. The Bertz CT molecular complexity index is 1550. The maximum atomic E-state index is 13.4. The number of sulfonamides is 1. The highest BCUT2D eigenvalue weighted by molar-refractivity contribution is 7.92. The van der Waals surface area contributed by atoms with Gasteiger partial charge >= 0.3 is 0 Å². The van der Waals surface area contributed by atoms with Crippen molar-refractivity contribution >= 4 is 50.3 Å². The van der Waals surface area contributed by atoms with Crippen LogP contribution >= 0.6 is 11.6 Å². The van der Waals surface area contributed by atoms with Crippen LogP contribution in [0.2, 0.25) is 5.15 Å². The van der Waals surface area contributed by atoms with Crippen molar-refractivity contribution in [2.45, 2.75) is 4.90 Å². The molecule has 0 saturated carbocycles. The summed E-state index contributed by atoms with van der Waals surface area (Å²) >= 11 is 6.28. The number of carbonyl (C=O) groups excluding carboxylic acids is 1. The number of hydrogen-bond acceptors (Lipinski definition) is 7. The highest BCUT2D eigenvalue weighted by Crippen LogP contribution is 2.25. The fourth-order valence-corrected chi connectivity index (χ4v) is 5.10. The van der Waals surface area contributed by atoms with Gasteiger partial charge in [0.15, 0.2) is 0 Å². The average molecular weight is 539 g/mol. The number of benzene rings is 3. The number of hydrogen-bond donors (Lipinski definition) is 1. The number of ether oxygens (including phenoxy) is 2. The van der Waals surface area contributed by atoms with Crippen LogP contribution < -0.4 is 19.2 Å². The number of nitrogens with one attached hydrogen (secondary N) is 1. The zero-order chi connectivity index (χ0) is 26.4. The molecule has 0 spiro atoms. The van der Waals surface area contributed by atoms with Gasteiger partial charge in [0, 0.05) is 17.0 Å². The summed E-state index contributed by atoms with van der Waals surface area (Å²) in [4.78, 5) is 17.1. The molecule has 3 aromatic carbocycles. The van der Waals surface area contributed by atoms with E-state index in [0.717, 1.165) is 9.69 Å². The minimum Gasteiger partial charge on any atom is -0.497 e.